The van der Waals surface area contributed by atoms with E-state index in [1.807, 2.05) is 0 Å². The molecule has 1 aliphatic heterocycles. The van der Waals surface area contributed by atoms with Gasteiger partial charge in [0.1, 0.15) is 5.75 Å². The number of anilines is 1. The fourth-order valence-corrected chi connectivity index (χ4v) is 5.22. The van der Waals surface area contributed by atoms with Crippen LogP contribution in [0.4, 0.5) is 27.6 Å². The zero-order valence-electron chi connectivity index (χ0n) is 19.4. The van der Waals surface area contributed by atoms with Crippen LogP contribution in [0.5, 0.6) is 5.75 Å². The first-order valence-electron chi connectivity index (χ1n) is 10.8. The standard InChI is InChI=1S/C24H24F5N3O3/c1-12-8-14-18(17(9-12)35-4)21(2,3)11-22(34,23(25,26)24(27,28)29)19(14)31-16-7-5-6-13-15(16)10-30-32-20(13)33/h5-9,19,31,34H,10-11H2,1-4H3. The lowest BCUT2D eigenvalue weighted by atomic mass is 9.61. The molecule has 0 saturated carbocycles. The molecule has 35 heavy (non-hydrogen) atoms. The van der Waals surface area contributed by atoms with Gasteiger partial charge in [-0.15, -0.1) is 5.11 Å². The van der Waals surface area contributed by atoms with E-state index in [2.05, 4.69) is 15.5 Å². The number of aliphatic hydroxyl groups is 1. The van der Waals surface area contributed by atoms with Crippen molar-refractivity contribution in [3.8, 4) is 5.75 Å². The van der Waals surface area contributed by atoms with Crippen LogP contribution >= 0.6 is 0 Å². The van der Waals surface area contributed by atoms with Crippen molar-refractivity contribution in [2.24, 2.45) is 10.2 Å². The van der Waals surface area contributed by atoms with Gasteiger partial charge in [-0.25, -0.2) is 0 Å². The second kappa shape index (κ2) is 7.97. The van der Waals surface area contributed by atoms with Crippen LogP contribution in [0.3, 0.4) is 0 Å². The van der Waals surface area contributed by atoms with Crippen molar-refractivity contribution in [3.63, 3.8) is 0 Å². The number of rotatable bonds is 4. The number of carbonyl (C=O) groups is 1. The molecule has 1 aliphatic carbocycles. The van der Waals surface area contributed by atoms with Gasteiger partial charge in [0.2, 0.25) is 0 Å². The van der Waals surface area contributed by atoms with Gasteiger partial charge in [0.25, 0.3) is 5.91 Å². The minimum atomic E-state index is -6.02. The number of benzene rings is 2. The first-order chi connectivity index (χ1) is 16.1. The summed E-state index contributed by atoms with van der Waals surface area (Å²) in [6.45, 7) is 4.54. The van der Waals surface area contributed by atoms with Gasteiger partial charge in [-0.05, 0) is 48.1 Å². The Bertz CT molecular complexity index is 1230. The molecule has 2 unspecified atom stereocenters. The number of nitrogens with one attached hydrogen (secondary N) is 1. The van der Waals surface area contributed by atoms with E-state index in [0.717, 1.165) is 0 Å². The molecule has 4 rings (SSSR count). The van der Waals surface area contributed by atoms with Crippen molar-refractivity contribution in [3.05, 3.63) is 58.1 Å². The molecule has 1 amide bonds. The van der Waals surface area contributed by atoms with Crippen LogP contribution in [0.15, 0.2) is 40.6 Å². The van der Waals surface area contributed by atoms with Crippen LogP contribution in [-0.4, -0.2) is 35.8 Å². The van der Waals surface area contributed by atoms with Crippen LogP contribution < -0.4 is 10.1 Å². The van der Waals surface area contributed by atoms with E-state index in [1.165, 1.54) is 45.2 Å². The summed E-state index contributed by atoms with van der Waals surface area (Å²) >= 11 is 0. The van der Waals surface area contributed by atoms with Gasteiger partial charge in [0, 0.05) is 16.8 Å². The summed E-state index contributed by atoms with van der Waals surface area (Å²) in [5.74, 6) is -5.82. The maximum absolute atomic E-state index is 15.1. The van der Waals surface area contributed by atoms with Crippen molar-refractivity contribution >= 4 is 11.6 Å². The van der Waals surface area contributed by atoms with Crippen molar-refractivity contribution in [1.29, 1.82) is 0 Å². The average Bonchev–Trinajstić information content (AvgIpc) is 2.75. The second-order valence-corrected chi connectivity index (χ2v) is 9.60. The Morgan fingerprint density at radius 2 is 1.86 bits per heavy atom. The van der Waals surface area contributed by atoms with E-state index in [1.54, 1.807) is 13.0 Å². The van der Waals surface area contributed by atoms with Crippen LogP contribution in [0.1, 0.15) is 58.9 Å². The maximum atomic E-state index is 15.1. The number of fused-ring (bicyclic) bond motifs is 2. The number of halogens is 5. The Balaban J connectivity index is 1.99. The van der Waals surface area contributed by atoms with Gasteiger partial charge in [0.15, 0.2) is 5.60 Å². The first kappa shape index (κ1) is 25.0. The number of methoxy groups -OCH3 is 1. The monoisotopic (exact) mass is 497 g/mol. The van der Waals surface area contributed by atoms with E-state index >= 15 is 8.78 Å². The molecule has 0 bridgehead atoms. The fraction of sp³-hybridized carbons (Fsp3) is 0.458. The van der Waals surface area contributed by atoms with Crippen LogP contribution in [-0.2, 0) is 12.0 Å². The highest BCUT2D eigenvalue weighted by molar-refractivity contribution is 5.98. The summed E-state index contributed by atoms with van der Waals surface area (Å²) in [4.78, 5) is 12.1. The quantitative estimate of drug-likeness (QED) is 0.518. The van der Waals surface area contributed by atoms with Crippen LogP contribution in [0.25, 0.3) is 0 Å². The summed E-state index contributed by atoms with van der Waals surface area (Å²) in [6.07, 6.45) is -6.95. The summed E-state index contributed by atoms with van der Waals surface area (Å²) in [5.41, 5.74) is -3.36. The Labute approximate surface area is 198 Å². The minimum absolute atomic E-state index is 0.0471. The molecular formula is C24H24F5N3O3. The number of hydrogen-bond acceptors (Lipinski definition) is 5. The van der Waals surface area contributed by atoms with Gasteiger partial charge in [-0.1, -0.05) is 26.0 Å². The largest absolute Gasteiger partial charge is 0.496 e. The molecule has 2 aliphatic rings. The molecule has 188 valence electrons. The molecule has 6 nitrogen and oxygen atoms in total. The molecule has 0 aromatic heterocycles. The Morgan fingerprint density at radius 1 is 1.17 bits per heavy atom. The number of amides is 1. The Kier molecular flexibility index (Phi) is 5.70. The van der Waals surface area contributed by atoms with Gasteiger partial charge in [-0.2, -0.15) is 27.1 Å². The maximum Gasteiger partial charge on any atom is 0.456 e. The Morgan fingerprint density at radius 3 is 2.49 bits per heavy atom. The summed E-state index contributed by atoms with van der Waals surface area (Å²) in [6, 6.07) is 5.57. The van der Waals surface area contributed by atoms with Crippen molar-refractivity contribution in [2.45, 2.75) is 62.9 Å². The molecule has 1 heterocycles. The topological polar surface area (TPSA) is 83.3 Å². The van der Waals surface area contributed by atoms with Crippen LogP contribution in [0.2, 0.25) is 0 Å². The molecule has 2 atom stereocenters. The number of alkyl halides is 5. The van der Waals surface area contributed by atoms with Gasteiger partial charge in [-0.3, -0.25) is 4.79 Å². The lowest BCUT2D eigenvalue weighted by Crippen LogP contribution is -2.65. The predicted octanol–water partition coefficient (Wildman–Crippen LogP) is 5.87. The zero-order valence-corrected chi connectivity index (χ0v) is 19.4. The number of carbonyl (C=O) groups excluding carboxylic acids is 1. The number of ether oxygens (including phenoxy) is 1. The predicted molar refractivity (Wildman–Crippen MR) is 117 cm³/mol. The third-order valence-corrected chi connectivity index (χ3v) is 6.67. The van der Waals surface area contributed by atoms with E-state index < -0.39 is 41.5 Å². The van der Waals surface area contributed by atoms with Gasteiger partial charge >= 0.3 is 12.1 Å². The minimum Gasteiger partial charge on any atom is -0.496 e. The number of nitrogens with zero attached hydrogens (tertiary/aromatic N) is 2. The van der Waals surface area contributed by atoms with Crippen LogP contribution in [0, 0.1) is 6.92 Å². The van der Waals surface area contributed by atoms with Crippen molar-refractivity contribution in [2.75, 3.05) is 12.4 Å². The number of hydrogen-bond donors (Lipinski definition) is 2. The molecule has 0 fully saturated rings. The number of aryl methyl sites for hydroxylation is 1. The molecule has 0 saturated heterocycles. The third-order valence-electron chi connectivity index (χ3n) is 6.67. The lowest BCUT2D eigenvalue weighted by Gasteiger charge is -2.51. The van der Waals surface area contributed by atoms with E-state index in [0.29, 0.717) is 16.9 Å². The highest BCUT2D eigenvalue weighted by Crippen LogP contribution is 2.59. The van der Waals surface area contributed by atoms with E-state index in [9.17, 15) is 23.1 Å². The summed E-state index contributed by atoms with van der Waals surface area (Å²) < 4.78 is 76.9. The summed E-state index contributed by atoms with van der Waals surface area (Å²) in [5, 5.41) is 21.3. The Hall–Kier alpha value is -3.08. The molecule has 0 radical (unpaired) electrons. The first-order valence-corrected chi connectivity index (χ1v) is 10.8. The molecule has 11 heteroatoms. The van der Waals surface area contributed by atoms with Gasteiger partial charge < -0.3 is 15.2 Å². The fourth-order valence-electron chi connectivity index (χ4n) is 5.22. The van der Waals surface area contributed by atoms with Crippen molar-refractivity contribution < 1.29 is 36.6 Å². The second-order valence-electron chi connectivity index (χ2n) is 9.60. The van der Waals surface area contributed by atoms with Gasteiger partial charge in [0.05, 0.1) is 25.3 Å². The van der Waals surface area contributed by atoms with E-state index in [-0.39, 0.29) is 28.9 Å². The summed E-state index contributed by atoms with van der Waals surface area (Å²) in [7, 11) is 1.38. The highest BCUT2D eigenvalue weighted by Gasteiger charge is 2.74. The smallest absolute Gasteiger partial charge is 0.456 e. The third kappa shape index (κ3) is 3.76. The zero-order chi connectivity index (χ0) is 26.0. The SMILES string of the molecule is COc1cc(C)cc2c1C(C)(C)CC(O)(C(F)(F)C(F)(F)F)C2Nc1cccc2c1CN=NC2=O. The molecular weight excluding hydrogens is 473 g/mol. The van der Waals surface area contributed by atoms with E-state index in [4.69, 9.17) is 4.74 Å². The average molecular weight is 497 g/mol. The normalized spacial score (nSPS) is 23.5. The molecule has 2 N–H and O–H groups in total. The number of azo groups is 1. The molecule has 0 spiro atoms. The molecule has 2 aromatic carbocycles. The molecule has 2 aromatic rings. The lowest BCUT2D eigenvalue weighted by molar-refractivity contribution is -0.349. The highest BCUT2D eigenvalue weighted by atomic mass is 19.4. The van der Waals surface area contributed by atoms with Crippen molar-refractivity contribution in [1.82, 2.24) is 0 Å².